The van der Waals surface area contributed by atoms with E-state index in [4.69, 9.17) is 0 Å². The Morgan fingerprint density at radius 2 is 2.10 bits per heavy atom. The van der Waals surface area contributed by atoms with Gasteiger partial charge in [-0.05, 0) is 50.1 Å². The summed E-state index contributed by atoms with van der Waals surface area (Å²) in [6, 6.07) is 3.20. The van der Waals surface area contributed by atoms with Crippen LogP contribution in [0.1, 0.15) is 65.1 Å². The predicted octanol–water partition coefficient (Wildman–Crippen LogP) is 3.95. The summed E-state index contributed by atoms with van der Waals surface area (Å²) >= 11 is 0. The second-order valence-electron chi connectivity index (χ2n) is 7.02. The minimum absolute atomic E-state index is 0.442. The maximum atomic E-state index is 4.69. The Bertz CT molecular complexity index is 422. The van der Waals surface area contributed by atoms with Crippen molar-refractivity contribution in [2.45, 2.75) is 72.4 Å². The fraction of sp³-hybridized carbons (Fsp3) is 0.824. The molecule has 1 aromatic rings. The van der Waals surface area contributed by atoms with E-state index in [0.29, 0.717) is 17.5 Å². The molecule has 3 heteroatoms. The first kappa shape index (κ1) is 15.6. The number of hydrogen-bond acceptors (Lipinski definition) is 2. The van der Waals surface area contributed by atoms with Crippen molar-refractivity contribution in [1.29, 1.82) is 0 Å². The van der Waals surface area contributed by atoms with Crippen LogP contribution in [0, 0.1) is 18.3 Å². The van der Waals surface area contributed by atoms with Crippen molar-refractivity contribution >= 4 is 0 Å². The van der Waals surface area contributed by atoms with Crippen LogP contribution in [0.3, 0.4) is 0 Å². The molecule has 0 aliphatic heterocycles. The van der Waals surface area contributed by atoms with Crippen LogP contribution in [-0.4, -0.2) is 22.4 Å². The van der Waals surface area contributed by atoms with Crippen LogP contribution in [-0.2, 0) is 0 Å². The van der Waals surface area contributed by atoms with Crippen molar-refractivity contribution in [2.24, 2.45) is 11.3 Å². The molecule has 1 N–H and O–H groups in total. The maximum absolute atomic E-state index is 4.69. The van der Waals surface area contributed by atoms with Crippen molar-refractivity contribution < 1.29 is 0 Å². The quantitative estimate of drug-likeness (QED) is 0.883. The molecule has 3 unspecified atom stereocenters. The van der Waals surface area contributed by atoms with E-state index >= 15 is 0 Å². The highest BCUT2D eigenvalue weighted by atomic mass is 15.3. The first-order valence-corrected chi connectivity index (χ1v) is 8.23. The van der Waals surface area contributed by atoms with Gasteiger partial charge in [0.2, 0.25) is 0 Å². The molecule has 0 saturated heterocycles. The number of nitrogens with zero attached hydrogens (tertiary/aromatic N) is 2. The summed E-state index contributed by atoms with van der Waals surface area (Å²) in [6.07, 6.45) is 7.28. The van der Waals surface area contributed by atoms with Crippen molar-refractivity contribution in [2.75, 3.05) is 6.54 Å². The van der Waals surface area contributed by atoms with Gasteiger partial charge in [-0.3, -0.25) is 4.68 Å². The zero-order valence-electron chi connectivity index (χ0n) is 13.8. The van der Waals surface area contributed by atoms with Crippen molar-refractivity contribution in [3.8, 4) is 0 Å². The van der Waals surface area contributed by atoms with E-state index in [1.165, 1.54) is 25.7 Å². The number of hydrogen-bond donors (Lipinski definition) is 1. The van der Waals surface area contributed by atoms with Gasteiger partial charge in [-0.15, -0.1) is 0 Å². The van der Waals surface area contributed by atoms with Gasteiger partial charge < -0.3 is 5.32 Å². The van der Waals surface area contributed by atoms with E-state index in [1.54, 1.807) is 0 Å². The summed E-state index contributed by atoms with van der Waals surface area (Å²) in [5.41, 5.74) is 1.56. The van der Waals surface area contributed by atoms with Gasteiger partial charge in [0, 0.05) is 12.2 Å². The molecule has 2 rings (SSSR count). The molecule has 1 saturated carbocycles. The second kappa shape index (κ2) is 6.30. The Morgan fingerprint density at radius 3 is 2.65 bits per heavy atom. The zero-order valence-corrected chi connectivity index (χ0v) is 13.8. The SMILES string of the molecule is CCNC1CCC(C(C)(C)CC)CC1n1ccc(C)n1. The minimum Gasteiger partial charge on any atom is -0.312 e. The van der Waals surface area contributed by atoms with Crippen molar-refractivity contribution in [3.63, 3.8) is 0 Å². The average Bonchev–Trinajstić information content (AvgIpc) is 2.86. The van der Waals surface area contributed by atoms with Gasteiger partial charge in [0.15, 0.2) is 0 Å². The lowest BCUT2D eigenvalue weighted by atomic mass is 9.67. The van der Waals surface area contributed by atoms with Crippen molar-refractivity contribution in [1.82, 2.24) is 15.1 Å². The number of rotatable bonds is 5. The van der Waals surface area contributed by atoms with Gasteiger partial charge in [0.25, 0.3) is 0 Å². The van der Waals surface area contributed by atoms with Crippen LogP contribution in [0.25, 0.3) is 0 Å². The third-order valence-electron chi connectivity index (χ3n) is 5.38. The molecule has 0 aromatic carbocycles. The summed E-state index contributed by atoms with van der Waals surface area (Å²) < 4.78 is 2.21. The first-order chi connectivity index (χ1) is 9.47. The summed E-state index contributed by atoms with van der Waals surface area (Å²) in [7, 11) is 0. The van der Waals surface area contributed by atoms with Gasteiger partial charge >= 0.3 is 0 Å². The van der Waals surface area contributed by atoms with Crippen LogP contribution in [0.5, 0.6) is 0 Å². The molecule has 20 heavy (non-hydrogen) atoms. The van der Waals surface area contributed by atoms with Gasteiger partial charge in [0.05, 0.1) is 11.7 Å². The zero-order chi connectivity index (χ0) is 14.8. The van der Waals surface area contributed by atoms with Gasteiger partial charge in [0.1, 0.15) is 0 Å². The largest absolute Gasteiger partial charge is 0.312 e. The molecular formula is C17H31N3. The van der Waals surface area contributed by atoms with Gasteiger partial charge in [-0.25, -0.2) is 0 Å². The van der Waals surface area contributed by atoms with E-state index in [1.807, 2.05) is 0 Å². The lowest BCUT2D eigenvalue weighted by Gasteiger charge is -2.43. The van der Waals surface area contributed by atoms with Crippen LogP contribution in [0.15, 0.2) is 12.3 Å². The molecule has 1 aromatic heterocycles. The minimum atomic E-state index is 0.442. The molecule has 0 radical (unpaired) electrons. The molecule has 0 amide bonds. The Kier molecular flexibility index (Phi) is 4.90. The number of aromatic nitrogens is 2. The fourth-order valence-electron chi connectivity index (χ4n) is 3.56. The Morgan fingerprint density at radius 1 is 1.35 bits per heavy atom. The third-order valence-corrected chi connectivity index (χ3v) is 5.38. The van der Waals surface area contributed by atoms with E-state index in [2.05, 4.69) is 62.0 Å². The molecule has 3 nitrogen and oxygen atoms in total. The van der Waals surface area contributed by atoms with E-state index < -0.39 is 0 Å². The number of likely N-dealkylation sites (N-methyl/N-ethyl adjacent to an activating group) is 1. The van der Waals surface area contributed by atoms with Crippen LogP contribution < -0.4 is 5.32 Å². The molecule has 0 spiro atoms. The second-order valence-corrected chi connectivity index (χ2v) is 7.02. The lowest BCUT2D eigenvalue weighted by Crippen LogP contribution is -2.44. The molecular weight excluding hydrogens is 246 g/mol. The van der Waals surface area contributed by atoms with E-state index in [9.17, 15) is 0 Å². The van der Waals surface area contributed by atoms with Gasteiger partial charge in [-0.2, -0.15) is 5.10 Å². The summed E-state index contributed by atoms with van der Waals surface area (Å²) in [4.78, 5) is 0. The highest BCUT2D eigenvalue weighted by molar-refractivity contribution is 5.00. The highest BCUT2D eigenvalue weighted by Crippen LogP contribution is 2.43. The number of nitrogens with one attached hydrogen (secondary N) is 1. The Balaban J connectivity index is 2.18. The molecule has 1 heterocycles. The first-order valence-electron chi connectivity index (χ1n) is 8.23. The molecule has 1 fully saturated rings. The van der Waals surface area contributed by atoms with Crippen LogP contribution in [0.4, 0.5) is 0 Å². The third kappa shape index (κ3) is 3.25. The Labute approximate surface area is 124 Å². The topological polar surface area (TPSA) is 29.9 Å². The summed E-state index contributed by atoms with van der Waals surface area (Å²) in [6.45, 7) is 12.5. The summed E-state index contributed by atoms with van der Waals surface area (Å²) in [5, 5.41) is 8.36. The standard InChI is InChI=1S/C17H31N3/c1-6-17(4,5)14-8-9-15(18-7-2)16(12-14)20-11-10-13(3)19-20/h10-11,14-16,18H,6-9,12H2,1-5H3. The Hall–Kier alpha value is -0.830. The molecule has 1 aliphatic carbocycles. The lowest BCUT2D eigenvalue weighted by molar-refractivity contribution is 0.0965. The predicted molar refractivity (Wildman–Crippen MR) is 84.9 cm³/mol. The maximum Gasteiger partial charge on any atom is 0.0675 e. The molecule has 1 aliphatic rings. The highest BCUT2D eigenvalue weighted by Gasteiger charge is 2.37. The van der Waals surface area contributed by atoms with Crippen LogP contribution >= 0.6 is 0 Å². The molecule has 114 valence electrons. The molecule has 3 atom stereocenters. The molecule has 0 bridgehead atoms. The smallest absolute Gasteiger partial charge is 0.0675 e. The van der Waals surface area contributed by atoms with E-state index in [-0.39, 0.29) is 0 Å². The van der Waals surface area contributed by atoms with Gasteiger partial charge in [-0.1, -0.05) is 34.1 Å². The summed E-state index contributed by atoms with van der Waals surface area (Å²) in [5.74, 6) is 0.803. The number of aryl methyl sites for hydroxylation is 1. The average molecular weight is 277 g/mol. The van der Waals surface area contributed by atoms with Crippen molar-refractivity contribution in [3.05, 3.63) is 18.0 Å². The normalized spacial score (nSPS) is 27.8. The monoisotopic (exact) mass is 277 g/mol. The fourth-order valence-corrected chi connectivity index (χ4v) is 3.56. The van der Waals surface area contributed by atoms with Crippen LogP contribution in [0.2, 0.25) is 0 Å². The van der Waals surface area contributed by atoms with E-state index in [0.717, 1.165) is 18.2 Å².